The van der Waals surface area contributed by atoms with Crippen LogP contribution in [0.3, 0.4) is 0 Å². The Morgan fingerprint density at radius 3 is 2.73 bits per heavy atom. The molecule has 2 fully saturated rings. The van der Waals surface area contributed by atoms with Gasteiger partial charge in [-0.05, 0) is 77.5 Å². The molecule has 88 valence electrons. The van der Waals surface area contributed by atoms with Gasteiger partial charge in [-0.2, -0.15) is 0 Å². The van der Waals surface area contributed by atoms with E-state index in [0.717, 1.165) is 12.0 Å². The third-order valence-corrected chi connectivity index (χ3v) is 4.21. The number of nitrogens with one attached hydrogen (secondary N) is 1. The summed E-state index contributed by atoms with van der Waals surface area (Å²) in [5.74, 6) is 1.03. The Bertz CT molecular complexity index is 175. The average Bonchev–Trinajstić information content (AvgIpc) is 2.87. The zero-order valence-electron chi connectivity index (χ0n) is 10.2. The summed E-state index contributed by atoms with van der Waals surface area (Å²) in [4.78, 5) is 2.75. The predicted octanol–water partition coefficient (Wildman–Crippen LogP) is 2.25. The summed E-state index contributed by atoms with van der Waals surface area (Å²) in [6.07, 6.45) is 10.2. The molecule has 1 aliphatic carbocycles. The molecule has 2 atom stereocenters. The first kappa shape index (κ1) is 11.4. The molecule has 2 heteroatoms. The Hall–Kier alpha value is -0.0800. The third-order valence-electron chi connectivity index (χ3n) is 4.21. The maximum atomic E-state index is 3.25. The van der Waals surface area contributed by atoms with E-state index in [1.807, 2.05) is 0 Å². The van der Waals surface area contributed by atoms with Crippen molar-refractivity contribution in [2.75, 3.05) is 26.7 Å². The molecule has 15 heavy (non-hydrogen) atoms. The molecule has 0 bridgehead atoms. The van der Waals surface area contributed by atoms with Crippen molar-refractivity contribution in [2.45, 2.75) is 51.0 Å². The van der Waals surface area contributed by atoms with Crippen LogP contribution in [0.15, 0.2) is 0 Å². The van der Waals surface area contributed by atoms with Crippen LogP contribution in [0.4, 0.5) is 0 Å². The Morgan fingerprint density at radius 2 is 2.00 bits per heavy atom. The fourth-order valence-electron chi connectivity index (χ4n) is 3.32. The molecule has 0 aromatic heterocycles. The highest BCUT2D eigenvalue weighted by Crippen LogP contribution is 2.33. The summed E-state index contributed by atoms with van der Waals surface area (Å²) in [5, 5.41) is 3.25. The Morgan fingerprint density at radius 1 is 1.20 bits per heavy atom. The first-order valence-electron chi connectivity index (χ1n) is 6.79. The molecule has 2 rings (SSSR count). The molecule has 0 amide bonds. The summed E-state index contributed by atoms with van der Waals surface area (Å²) < 4.78 is 0. The van der Waals surface area contributed by atoms with Crippen molar-refractivity contribution in [1.82, 2.24) is 10.2 Å². The van der Waals surface area contributed by atoms with Crippen molar-refractivity contribution in [1.29, 1.82) is 0 Å². The first-order chi connectivity index (χ1) is 7.40. The summed E-state index contributed by atoms with van der Waals surface area (Å²) in [6, 6.07) is 0.951. The number of nitrogens with zero attached hydrogens (tertiary/aromatic N) is 1. The SMILES string of the molecule is CNCCCC1CCC(N2CCCC2)C1. The van der Waals surface area contributed by atoms with Crippen molar-refractivity contribution >= 4 is 0 Å². The van der Waals surface area contributed by atoms with Crippen LogP contribution in [0.25, 0.3) is 0 Å². The van der Waals surface area contributed by atoms with Crippen LogP contribution in [-0.4, -0.2) is 37.6 Å². The molecule has 0 aromatic rings. The molecule has 0 spiro atoms. The standard InChI is InChI=1S/C13H26N2/c1-14-8-4-5-12-6-7-13(11-12)15-9-2-3-10-15/h12-14H,2-11H2,1H3. The lowest BCUT2D eigenvalue weighted by atomic mass is 10.0. The van der Waals surface area contributed by atoms with Crippen LogP contribution in [0.1, 0.15) is 44.9 Å². The van der Waals surface area contributed by atoms with Gasteiger partial charge in [-0.15, -0.1) is 0 Å². The Balaban J connectivity index is 1.65. The maximum Gasteiger partial charge on any atom is 0.00979 e. The van der Waals surface area contributed by atoms with E-state index in [9.17, 15) is 0 Å². The summed E-state index contributed by atoms with van der Waals surface area (Å²) >= 11 is 0. The summed E-state index contributed by atoms with van der Waals surface area (Å²) in [7, 11) is 2.06. The molecule has 1 saturated carbocycles. The van der Waals surface area contributed by atoms with E-state index in [0.29, 0.717) is 0 Å². The molecule has 2 nitrogen and oxygen atoms in total. The predicted molar refractivity (Wildman–Crippen MR) is 65.1 cm³/mol. The fraction of sp³-hybridized carbons (Fsp3) is 1.00. The molecular weight excluding hydrogens is 184 g/mol. The van der Waals surface area contributed by atoms with E-state index in [-0.39, 0.29) is 0 Å². The van der Waals surface area contributed by atoms with Gasteiger partial charge in [0.15, 0.2) is 0 Å². The monoisotopic (exact) mass is 210 g/mol. The molecule has 0 aromatic carbocycles. The van der Waals surface area contributed by atoms with Crippen molar-refractivity contribution in [3.63, 3.8) is 0 Å². The van der Waals surface area contributed by atoms with Crippen LogP contribution < -0.4 is 5.32 Å². The van der Waals surface area contributed by atoms with E-state index >= 15 is 0 Å². The van der Waals surface area contributed by atoms with Gasteiger partial charge in [0.05, 0.1) is 0 Å². The van der Waals surface area contributed by atoms with Gasteiger partial charge in [-0.3, -0.25) is 0 Å². The summed E-state index contributed by atoms with van der Waals surface area (Å²) in [5.41, 5.74) is 0. The van der Waals surface area contributed by atoms with Crippen LogP contribution >= 0.6 is 0 Å². The van der Waals surface area contributed by atoms with Gasteiger partial charge in [0, 0.05) is 6.04 Å². The Kier molecular flexibility index (Phi) is 4.45. The molecule has 2 unspecified atom stereocenters. The van der Waals surface area contributed by atoms with Crippen molar-refractivity contribution in [2.24, 2.45) is 5.92 Å². The lowest BCUT2D eigenvalue weighted by Gasteiger charge is -2.23. The maximum absolute atomic E-state index is 3.25. The van der Waals surface area contributed by atoms with E-state index in [1.54, 1.807) is 0 Å². The average molecular weight is 210 g/mol. The minimum absolute atomic E-state index is 0.951. The topological polar surface area (TPSA) is 15.3 Å². The van der Waals surface area contributed by atoms with Gasteiger partial charge < -0.3 is 10.2 Å². The van der Waals surface area contributed by atoms with E-state index in [2.05, 4.69) is 17.3 Å². The highest BCUT2D eigenvalue weighted by atomic mass is 15.2. The van der Waals surface area contributed by atoms with Gasteiger partial charge >= 0.3 is 0 Å². The number of hydrogen-bond donors (Lipinski definition) is 1. The van der Waals surface area contributed by atoms with Gasteiger partial charge in [0.2, 0.25) is 0 Å². The second-order valence-electron chi connectivity index (χ2n) is 5.32. The van der Waals surface area contributed by atoms with E-state index in [1.165, 1.54) is 64.6 Å². The highest BCUT2D eigenvalue weighted by Gasteiger charge is 2.29. The van der Waals surface area contributed by atoms with Crippen LogP contribution in [0, 0.1) is 5.92 Å². The quantitative estimate of drug-likeness (QED) is 0.700. The first-order valence-corrected chi connectivity index (χ1v) is 6.79. The largest absolute Gasteiger partial charge is 0.320 e. The number of likely N-dealkylation sites (tertiary alicyclic amines) is 1. The molecule has 0 radical (unpaired) electrons. The van der Waals surface area contributed by atoms with Gasteiger partial charge in [0.25, 0.3) is 0 Å². The molecule has 2 aliphatic rings. The normalized spacial score (nSPS) is 32.6. The van der Waals surface area contributed by atoms with Crippen molar-refractivity contribution in [3.8, 4) is 0 Å². The van der Waals surface area contributed by atoms with Crippen LogP contribution in [-0.2, 0) is 0 Å². The van der Waals surface area contributed by atoms with E-state index < -0.39 is 0 Å². The summed E-state index contributed by atoms with van der Waals surface area (Å²) in [6.45, 7) is 3.96. The van der Waals surface area contributed by atoms with Crippen LogP contribution in [0.5, 0.6) is 0 Å². The van der Waals surface area contributed by atoms with Crippen molar-refractivity contribution < 1.29 is 0 Å². The second kappa shape index (κ2) is 5.86. The lowest BCUT2D eigenvalue weighted by molar-refractivity contribution is 0.239. The second-order valence-corrected chi connectivity index (χ2v) is 5.32. The fourth-order valence-corrected chi connectivity index (χ4v) is 3.32. The smallest absolute Gasteiger partial charge is 0.00979 e. The van der Waals surface area contributed by atoms with Crippen molar-refractivity contribution in [3.05, 3.63) is 0 Å². The van der Waals surface area contributed by atoms with Gasteiger partial charge in [-0.1, -0.05) is 0 Å². The third kappa shape index (κ3) is 3.18. The number of rotatable bonds is 5. The highest BCUT2D eigenvalue weighted by molar-refractivity contribution is 4.84. The molecule has 1 saturated heterocycles. The van der Waals surface area contributed by atoms with E-state index in [4.69, 9.17) is 0 Å². The zero-order chi connectivity index (χ0) is 10.5. The van der Waals surface area contributed by atoms with Crippen LogP contribution in [0.2, 0.25) is 0 Å². The minimum atomic E-state index is 0.951. The minimum Gasteiger partial charge on any atom is -0.320 e. The number of hydrogen-bond acceptors (Lipinski definition) is 2. The molecular formula is C13H26N2. The molecule has 1 heterocycles. The molecule has 1 N–H and O–H groups in total. The van der Waals surface area contributed by atoms with Gasteiger partial charge in [-0.25, -0.2) is 0 Å². The zero-order valence-corrected chi connectivity index (χ0v) is 10.2. The molecule has 1 aliphatic heterocycles. The lowest BCUT2D eigenvalue weighted by Crippen LogP contribution is -2.30. The van der Waals surface area contributed by atoms with Gasteiger partial charge in [0.1, 0.15) is 0 Å². The Labute approximate surface area is 94.4 Å².